The highest BCUT2D eigenvalue weighted by atomic mass is 32.2. The van der Waals surface area contributed by atoms with E-state index in [1.807, 2.05) is 20.8 Å². The Morgan fingerprint density at radius 1 is 1.30 bits per heavy atom. The van der Waals surface area contributed by atoms with Gasteiger partial charge in [-0.05, 0) is 45.7 Å². The van der Waals surface area contributed by atoms with E-state index >= 15 is 0 Å². The summed E-state index contributed by atoms with van der Waals surface area (Å²) in [5, 5.41) is 9.09. The second-order valence-corrected chi connectivity index (χ2v) is 7.86. The second kappa shape index (κ2) is 9.17. The van der Waals surface area contributed by atoms with Crippen LogP contribution in [0.2, 0.25) is 0 Å². The number of allylic oxidation sites excluding steroid dienone is 2. The molecule has 0 amide bonds. The van der Waals surface area contributed by atoms with Gasteiger partial charge in [0.2, 0.25) is 0 Å². The summed E-state index contributed by atoms with van der Waals surface area (Å²) in [6, 6.07) is 0. The molecule has 3 unspecified atom stereocenters. The van der Waals surface area contributed by atoms with Gasteiger partial charge in [-0.25, -0.2) is 0 Å². The quantitative estimate of drug-likeness (QED) is 0.744. The van der Waals surface area contributed by atoms with Crippen molar-refractivity contribution in [3.05, 3.63) is 10.7 Å². The highest BCUT2D eigenvalue weighted by Crippen LogP contribution is 2.34. The van der Waals surface area contributed by atoms with E-state index in [0.29, 0.717) is 13.2 Å². The number of carboxylic acid groups (broad SMARTS) is 1. The topological polar surface area (TPSA) is 74.2 Å². The molecule has 2 heterocycles. The first-order chi connectivity index (χ1) is 11.0. The van der Waals surface area contributed by atoms with Crippen molar-refractivity contribution < 1.29 is 27.7 Å². The van der Waals surface area contributed by atoms with Crippen LogP contribution in [-0.2, 0) is 22.6 Å². The molecule has 0 radical (unpaired) electrons. The van der Waals surface area contributed by atoms with Crippen LogP contribution >= 0.6 is 24.1 Å². The van der Waals surface area contributed by atoms with Crippen LogP contribution in [0.4, 0.5) is 0 Å². The lowest BCUT2D eigenvalue weighted by Crippen LogP contribution is -2.30. The molecular formula is C15H24O6S2. The summed E-state index contributed by atoms with van der Waals surface area (Å²) in [4.78, 5) is 12.0. The molecule has 23 heavy (non-hydrogen) atoms. The van der Waals surface area contributed by atoms with E-state index in [1.165, 1.54) is 24.1 Å². The van der Waals surface area contributed by atoms with Crippen LogP contribution < -0.4 is 0 Å². The number of carbonyl (C=O) groups is 1. The Morgan fingerprint density at radius 2 is 2.09 bits per heavy atom. The molecule has 2 aliphatic rings. The minimum atomic E-state index is -0.870. The van der Waals surface area contributed by atoms with E-state index < -0.39 is 12.1 Å². The minimum absolute atomic E-state index is 0.0377. The fraction of sp³-hybridized carbons (Fsp3) is 0.800. The van der Waals surface area contributed by atoms with Gasteiger partial charge >= 0.3 is 5.97 Å². The molecule has 4 atom stereocenters. The molecule has 8 heteroatoms. The third kappa shape index (κ3) is 6.19. The Labute approximate surface area is 145 Å². The van der Waals surface area contributed by atoms with Crippen LogP contribution in [0.3, 0.4) is 0 Å². The van der Waals surface area contributed by atoms with Gasteiger partial charge in [0, 0.05) is 12.0 Å². The zero-order valence-corrected chi connectivity index (χ0v) is 15.3. The first-order valence-corrected chi connectivity index (χ1v) is 9.31. The van der Waals surface area contributed by atoms with Crippen molar-refractivity contribution in [1.29, 1.82) is 0 Å². The van der Waals surface area contributed by atoms with Gasteiger partial charge in [0.15, 0.2) is 0 Å². The van der Waals surface area contributed by atoms with Gasteiger partial charge in [0.1, 0.15) is 11.9 Å². The molecule has 1 fully saturated rings. The third-order valence-corrected chi connectivity index (χ3v) is 5.48. The molecule has 0 spiro atoms. The van der Waals surface area contributed by atoms with E-state index in [0.717, 1.165) is 23.5 Å². The molecule has 2 aliphatic heterocycles. The number of hydrogen-bond acceptors (Lipinski definition) is 7. The minimum Gasteiger partial charge on any atom is -0.492 e. The van der Waals surface area contributed by atoms with Crippen LogP contribution in [0.5, 0.6) is 0 Å². The molecule has 0 saturated carbocycles. The van der Waals surface area contributed by atoms with E-state index in [1.54, 1.807) is 0 Å². The van der Waals surface area contributed by atoms with Crippen molar-refractivity contribution in [3.8, 4) is 0 Å². The number of carboxylic acids is 1. The maximum absolute atomic E-state index is 10.9. The number of rotatable bonds is 5. The lowest BCUT2D eigenvalue weighted by Gasteiger charge is -2.23. The summed E-state index contributed by atoms with van der Waals surface area (Å²) in [7, 11) is 0. The summed E-state index contributed by atoms with van der Waals surface area (Å²) >= 11 is 2.74. The Morgan fingerprint density at radius 3 is 2.83 bits per heavy atom. The van der Waals surface area contributed by atoms with Crippen LogP contribution in [0.1, 0.15) is 40.0 Å². The Kier molecular flexibility index (Phi) is 7.55. The summed E-state index contributed by atoms with van der Waals surface area (Å²) in [6.07, 6.45) is 1.10. The predicted molar refractivity (Wildman–Crippen MR) is 89.9 cm³/mol. The lowest BCUT2D eigenvalue weighted by molar-refractivity contribution is -0.142. The fourth-order valence-corrected chi connectivity index (χ4v) is 3.98. The Bertz CT molecular complexity index is 442. The van der Waals surface area contributed by atoms with Gasteiger partial charge in [-0.3, -0.25) is 4.79 Å². The number of aliphatic carboxylic acids is 1. The molecule has 0 aromatic rings. The van der Waals surface area contributed by atoms with E-state index in [-0.39, 0.29) is 23.9 Å². The number of hydrogen-bond donors (Lipinski definition) is 1. The lowest BCUT2D eigenvalue weighted by atomic mass is 10.1. The van der Waals surface area contributed by atoms with Gasteiger partial charge in [0.05, 0.1) is 42.0 Å². The van der Waals surface area contributed by atoms with Gasteiger partial charge < -0.3 is 22.9 Å². The Hall–Kier alpha value is -0.410. The van der Waals surface area contributed by atoms with Crippen molar-refractivity contribution in [2.24, 2.45) is 0 Å². The molecule has 0 aliphatic carbocycles. The largest absolute Gasteiger partial charge is 0.492 e. The molecule has 0 aromatic heterocycles. The molecule has 132 valence electrons. The van der Waals surface area contributed by atoms with Gasteiger partial charge in [-0.1, -0.05) is 0 Å². The Balaban J connectivity index is 1.93. The van der Waals surface area contributed by atoms with Crippen LogP contribution in [0.25, 0.3) is 0 Å². The highest BCUT2D eigenvalue weighted by Gasteiger charge is 2.29. The molecule has 1 N–H and O–H groups in total. The summed E-state index contributed by atoms with van der Waals surface area (Å²) in [5.74, 6) is 0.0258. The molecule has 2 rings (SSSR count). The molecule has 1 saturated heterocycles. The summed E-state index contributed by atoms with van der Waals surface area (Å²) in [5.41, 5.74) is 0. The second-order valence-electron chi connectivity index (χ2n) is 5.79. The van der Waals surface area contributed by atoms with Crippen LogP contribution in [0.15, 0.2) is 10.7 Å². The van der Waals surface area contributed by atoms with Crippen molar-refractivity contribution >= 4 is 30.1 Å². The molecule has 0 bridgehead atoms. The normalized spacial score (nSPS) is 32.8. The van der Waals surface area contributed by atoms with Crippen molar-refractivity contribution in [2.75, 3.05) is 13.2 Å². The fourth-order valence-electron chi connectivity index (χ4n) is 2.44. The first-order valence-electron chi connectivity index (χ1n) is 7.77. The third-order valence-electron chi connectivity index (χ3n) is 3.66. The van der Waals surface area contributed by atoms with Gasteiger partial charge in [-0.2, -0.15) is 0 Å². The van der Waals surface area contributed by atoms with Crippen molar-refractivity contribution in [2.45, 2.75) is 63.6 Å². The highest BCUT2D eigenvalue weighted by molar-refractivity contribution is 7.98. The SMILES string of the molecule is CC1=C(CCC2OC(CC(=O)O)COS[C@H]2C)SOCC(C)O1. The van der Waals surface area contributed by atoms with E-state index in [2.05, 4.69) is 0 Å². The maximum Gasteiger partial charge on any atom is 0.306 e. The monoisotopic (exact) mass is 364 g/mol. The summed E-state index contributed by atoms with van der Waals surface area (Å²) < 4.78 is 22.7. The predicted octanol–water partition coefficient (Wildman–Crippen LogP) is 3.38. The first kappa shape index (κ1) is 18.9. The maximum atomic E-state index is 10.9. The smallest absolute Gasteiger partial charge is 0.306 e. The van der Waals surface area contributed by atoms with Gasteiger partial charge in [0.25, 0.3) is 0 Å². The zero-order valence-electron chi connectivity index (χ0n) is 13.6. The average molecular weight is 364 g/mol. The van der Waals surface area contributed by atoms with Crippen molar-refractivity contribution in [3.63, 3.8) is 0 Å². The standard InChI is InChI=1S/C15H24O6S2/c1-9-7-18-23-14(10(2)20-9)5-4-13-11(3)22-19-8-12(21-13)6-15(16)17/h9,11-13H,4-8H2,1-3H3,(H,16,17)/t9?,11-,12?,13?/m0/s1. The summed E-state index contributed by atoms with van der Waals surface area (Å²) in [6.45, 7) is 6.84. The zero-order chi connectivity index (χ0) is 16.8. The average Bonchev–Trinajstić information content (AvgIpc) is 2.73. The van der Waals surface area contributed by atoms with E-state index in [9.17, 15) is 4.79 Å². The molecular weight excluding hydrogens is 340 g/mol. The van der Waals surface area contributed by atoms with Crippen molar-refractivity contribution in [1.82, 2.24) is 0 Å². The van der Waals surface area contributed by atoms with Crippen LogP contribution in [-0.4, -0.2) is 47.9 Å². The molecule has 6 nitrogen and oxygen atoms in total. The molecule has 0 aromatic carbocycles. The van der Waals surface area contributed by atoms with Crippen LogP contribution in [0, 0.1) is 0 Å². The van der Waals surface area contributed by atoms with E-state index in [4.69, 9.17) is 22.9 Å². The van der Waals surface area contributed by atoms with Gasteiger partial charge in [-0.15, -0.1) is 0 Å². The number of ether oxygens (including phenoxy) is 2.